The zero-order chi connectivity index (χ0) is 58.3. The quantitative estimate of drug-likeness (QED) is 0.0469. The minimum absolute atomic E-state index is 0.152. The number of carboxylic acid groups (broad SMARTS) is 1. The lowest BCUT2D eigenvalue weighted by atomic mass is 9.74. The van der Waals surface area contributed by atoms with Gasteiger partial charge in [-0.15, -0.1) is 0 Å². The lowest BCUT2D eigenvalue weighted by Gasteiger charge is -2.44. The number of fused-ring (bicyclic) bond motifs is 3. The lowest BCUT2D eigenvalue weighted by molar-refractivity contribution is -0.323. The van der Waals surface area contributed by atoms with E-state index in [1.807, 2.05) is 0 Å². The molecule has 5 aliphatic rings. The Bertz CT molecular complexity index is 3700. The van der Waals surface area contributed by atoms with Crippen LogP contribution in [0.1, 0.15) is 63.3 Å². The molecule has 416 valence electrons. The monoisotopic (exact) mass is 1120 g/mol. The summed E-state index contributed by atoms with van der Waals surface area (Å²) in [6.07, 6.45) is -12.9. The van der Waals surface area contributed by atoms with Gasteiger partial charge in [0.25, 0.3) is 11.6 Å². The number of carboxylic acids is 1. The Morgan fingerprint density at radius 2 is 1.10 bits per heavy atom. The van der Waals surface area contributed by atoms with Crippen LogP contribution < -0.4 is 9.47 Å². The highest BCUT2D eigenvalue weighted by Gasteiger charge is 2.71. The smallest absolute Gasteiger partial charge is 0.340 e. The summed E-state index contributed by atoms with van der Waals surface area (Å²) in [5.41, 5.74) is -10.5. The van der Waals surface area contributed by atoms with Gasteiger partial charge in [-0.1, -0.05) is 0 Å². The van der Waals surface area contributed by atoms with Gasteiger partial charge < -0.3 is 125 Å². The number of phenols is 13. The van der Waals surface area contributed by atoms with Crippen molar-refractivity contribution in [3.8, 4) is 103 Å². The highest BCUT2D eigenvalue weighted by Crippen LogP contribution is 2.61. The van der Waals surface area contributed by atoms with Crippen LogP contribution >= 0.6 is 0 Å². The molecule has 7 atom stereocenters. The minimum Gasteiger partial charge on any atom is -0.504 e. The van der Waals surface area contributed by atoms with Gasteiger partial charge in [0.2, 0.25) is 46.9 Å². The first kappa shape index (κ1) is 52.6. The molecule has 32 nitrogen and oxygen atoms in total. The first-order valence-corrected chi connectivity index (χ1v) is 22.2. The molecular formula is C48H32O32. The number of hydrogen-bond donors (Lipinski definition) is 17. The van der Waals surface area contributed by atoms with E-state index in [0.29, 0.717) is 30.3 Å². The van der Waals surface area contributed by atoms with E-state index in [9.17, 15) is 116 Å². The van der Waals surface area contributed by atoms with Crippen molar-refractivity contribution in [1.82, 2.24) is 0 Å². The maximum atomic E-state index is 15.2. The van der Waals surface area contributed by atoms with E-state index in [1.54, 1.807) is 0 Å². The highest BCUT2D eigenvalue weighted by atomic mass is 16.8. The predicted molar refractivity (Wildman–Crippen MR) is 241 cm³/mol. The zero-order valence-corrected chi connectivity index (χ0v) is 38.9. The largest absolute Gasteiger partial charge is 0.504 e. The molecule has 0 aromatic heterocycles. The van der Waals surface area contributed by atoms with E-state index < -0.39 is 238 Å². The number of cyclic esters (lactones) is 1. The molecule has 0 saturated carbocycles. The molecule has 10 rings (SSSR count). The Morgan fingerprint density at radius 3 is 1.75 bits per heavy atom. The van der Waals surface area contributed by atoms with Crippen molar-refractivity contribution in [2.45, 2.75) is 48.2 Å². The van der Waals surface area contributed by atoms with Crippen LogP contribution in [0.25, 0.3) is 11.1 Å². The number of esters is 5. The highest BCUT2D eigenvalue weighted by molar-refractivity contribution is 6.10. The summed E-state index contributed by atoms with van der Waals surface area (Å²) < 4.78 is 44.8. The maximum absolute atomic E-state index is 15.2. The summed E-state index contributed by atoms with van der Waals surface area (Å²) in [5.74, 6) is -45.9. The summed E-state index contributed by atoms with van der Waals surface area (Å²) >= 11 is 0. The van der Waals surface area contributed by atoms with Gasteiger partial charge in [0, 0.05) is 28.8 Å². The molecule has 4 aliphatic heterocycles. The molecule has 17 N–H and O–H groups in total. The third-order valence-electron chi connectivity index (χ3n) is 13.2. The Kier molecular flexibility index (Phi) is 11.8. The van der Waals surface area contributed by atoms with Gasteiger partial charge in [-0.2, -0.15) is 0 Å². The van der Waals surface area contributed by atoms with Gasteiger partial charge in [-0.3, -0.25) is 4.79 Å². The van der Waals surface area contributed by atoms with Crippen LogP contribution in [0, 0.1) is 0 Å². The molecule has 0 spiro atoms. The van der Waals surface area contributed by atoms with Gasteiger partial charge in [-0.25, -0.2) is 28.8 Å². The van der Waals surface area contributed by atoms with Crippen molar-refractivity contribution in [1.29, 1.82) is 0 Å². The molecule has 1 saturated heterocycles. The van der Waals surface area contributed by atoms with E-state index in [2.05, 4.69) is 0 Å². The minimum atomic E-state index is -4.09. The van der Waals surface area contributed by atoms with Crippen LogP contribution in [-0.4, -0.2) is 177 Å². The van der Waals surface area contributed by atoms with Crippen molar-refractivity contribution >= 4 is 41.6 Å². The van der Waals surface area contributed by atoms with E-state index in [4.69, 9.17) is 37.9 Å². The number of ketones is 1. The fourth-order valence-corrected chi connectivity index (χ4v) is 9.33. The van der Waals surface area contributed by atoms with Crippen LogP contribution in [0.4, 0.5) is 0 Å². The number of ether oxygens (including phenoxy) is 8. The Labute approximate surface area is 438 Å². The maximum Gasteiger partial charge on any atom is 0.340 e. The fourth-order valence-electron chi connectivity index (χ4n) is 9.33. The number of benzene rings is 5. The average Bonchev–Trinajstić information content (AvgIpc) is 3.74. The van der Waals surface area contributed by atoms with Crippen LogP contribution in [0.2, 0.25) is 0 Å². The second kappa shape index (κ2) is 17.9. The third-order valence-corrected chi connectivity index (χ3v) is 13.2. The molecule has 0 amide bonds. The van der Waals surface area contributed by atoms with E-state index in [1.165, 1.54) is 0 Å². The van der Waals surface area contributed by atoms with Gasteiger partial charge in [0.05, 0.1) is 33.7 Å². The molecule has 0 unspecified atom stereocenters. The van der Waals surface area contributed by atoms with Crippen molar-refractivity contribution in [2.24, 2.45) is 0 Å². The molecular weight excluding hydrogens is 1090 g/mol. The number of aromatic hydroxyl groups is 13. The Hall–Kier alpha value is -10.8. The Balaban J connectivity index is 1.23. The number of phenolic OH excluding ortho intramolecular Hbond substituents is 13. The summed E-state index contributed by atoms with van der Waals surface area (Å²) in [4.78, 5) is 98.7. The number of aromatic carboxylic acids is 1. The van der Waals surface area contributed by atoms with Crippen molar-refractivity contribution in [3.63, 3.8) is 0 Å². The van der Waals surface area contributed by atoms with Crippen molar-refractivity contribution in [3.05, 3.63) is 81.4 Å². The second-order valence-electron chi connectivity index (χ2n) is 17.8. The summed E-state index contributed by atoms with van der Waals surface area (Å²) in [6, 6.07) is 2.35. The predicted octanol–water partition coefficient (Wildman–Crippen LogP) is -0.200. The topological polar surface area (TPSA) is 537 Å². The molecule has 0 radical (unpaired) electrons. The Morgan fingerprint density at radius 1 is 0.562 bits per heavy atom. The van der Waals surface area contributed by atoms with E-state index in [-0.39, 0.29) is 12.1 Å². The zero-order valence-electron chi connectivity index (χ0n) is 38.9. The number of carbonyl (C=O) groups excluding carboxylic acids is 6. The van der Waals surface area contributed by atoms with Crippen LogP contribution in [0.3, 0.4) is 0 Å². The SMILES string of the molecule is O=C1O[C@H]2[C@@H]3OC(=O)c4cc(Oc5c(C(=O)O)cc(O)c(O)c5O)c(O)c(O)c4-c4c(cc(O)c(O)c4O)C(=O)OC[C@H]2O[C@@H](OC(=O)c2cc(O)c(O)c(O)c2)[C@@H]3OC(=O)c2cc(O)c(O)c3c2[C@@H]2C1=CC(=O)C(O)(O)[C@]2(O)O3. The lowest BCUT2D eigenvalue weighted by Crippen LogP contribution is -2.66. The van der Waals surface area contributed by atoms with Crippen LogP contribution in [-0.2, 0) is 38.0 Å². The summed E-state index contributed by atoms with van der Waals surface area (Å²) in [6.45, 7) is -1.41. The normalized spacial score (nSPS) is 23.5. The van der Waals surface area contributed by atoms with Gasteiger partial charge in [-0.05, 0) is 30.3 Å². The molecule has 4 bridgehead atoms. The van der Waals surface area contributed by atoms with E-state index in [0.717, 1.165) is 0 Å². The number of carbonyl (C=O) groups is 7. The summed E-state index contributed by atoms with van der Waals surface area (Å²) in [5, 5.41) is 183. The first-order chi connectivity index (χ1) is 37.5. The van der Waals surface area contributed by atoms with Gasteiger partial charge >= 0.3 is 35.8 Å². The fraction of sp³-hybridized carbons (Fsp3) is 0.188. The average molecular weight is 1120 g/mol. The summed E-state index contributed by atoms with van der Waals surface area (Å²) in [7, 11) is 0. The number of aliphatic hydroxyl groups is 3. The van der Waals surface area contributed by atoms with Crippen LogP contribution in [0.15, 0.2) is 48.0 Å². The molecule has 1 fully saturated rings. The third kappa shape index (κ3) is 7.64. The standard InChI is InChI=1S/C48H32O32/c49-15-1-9(2-16(50)27(15)55)41(65)79-46-39-38-36(76-45(69)13-7-22(54)47(70,71)48(72)26(13)25-11(43(67)78-39)4-19(53)30(58)37(25)80-48)21(75-46)8-73-42(66)10-3-17(51)28(56)32(60)23(10)24-12(44(68)77-38)6-20(31(59)33(24)61)74-35-14(40(63)64)5-18(52)29(57)34(35)62/h1-7,21,26,36,38-39,46,49-53,55-62,70-72H,8H2,(H,63,64)/t21-,26+,36-,38+,39-,46+,48-/m1/s1. The van der Waals surface area contributed by atoms with Gasteiger partial charge in [0.1, 0.15) is 18.3 Å². The van der Waals surface area contributed by atoms with E-state index >= 15 is 4.79 Å². The first-order valence-electron chi connectivity index (χ1n) is 22.2. The number of hydrogen-bond acceptors (Lipinski definition) is 31. The molecule has 5 aromatic rings. The second-order valence-corrected chi connectivity index (χ2v) is 17.8. The van der Waals surface area contributed by atoms with Crippen LogP contribution in [0.5, 0.6) is 92.0 Å². The molecule has 4 heterocycles. The molecule has 80 heavy (non-hydrogen) atoms. The van der Waals surface area contributed by atoms with Crippen molar-refractivity contribution in [2.75, 3.05) is 6.61 Å². The number of rotatable bonds is 5. The molecule has 5 aromatic carbocycles. The van der Waals surface area contributed by atoms with Crippen molar-refractivity contribution < 1.29 is 158 Å². The van der Waals surface area contributed by atoms with Gasteiger partial charge in [0.15, 0.2) is 75.5 Å². The molecule has 32 heteroatoms. The molecule has 1 aliphatic carbocycles.